The molecule has 1 atom stereocenters. The van der Waals surface area contributed by atoms with Crippen molar-refractivity contribution in [3.63, 3.8) is 0 Å². The number of ether oxygens (including phenoxy) is 1. The van der Waals surface area contributed by atoms with E-state index in [-0.39, 0.29) is 18.2 Å². The number of carbonyl (C=O) groups excluding carboxylic acids is 3. The van der Waals surface area contributed by atoms with Gasteiger partial charge in [-0.25, -0.2) is 0 Å². The first-order valence-electron chi connectivity index (χ1n) is 9.13. The van der Waals surface area contributed by atoms with Gasteiger partial charge in [-0.2, -0.15) is 0 Å². The van der Waals surface area contributed by atoms with E-state index in [2.05, 4.69) is 5.32 Å². The first-order valence-corrected chi connectivity index (χ1v) is 10.0. The van der Waals surface area contributed by atoms with Gasteiger partial charge in [0.25, 0.3) is 5.91 Å². The Morgan fingerprint density at radius 2 is 1.72 bits per heavy atom. The van der Waals surface area contributed by atoms with Crippen LogP contribution in [0, 0.1) is 13.8 Å². The van der Waals surface area contributed by atoms with E-state index in [4.69, 9.17) is 4.74 Å². The maximum atomic E-state index is 13.1. The van der Waals surface area contributed by atoms with Gasteiger partial charge in [-0.15, -0.1) is 11.3 Å². The second kappa shape index (κ2) is 9.30. The van der Waals surface area contributed by atoms with E-state index < -0.39 is 12.1 Å². The Kier molecular flexibility index (Phi) is 6.57. The summed E-state index contributed by atoms with van der Waals surface area (Å²) in [6.45, 7) is 3.57. The Balaban J connectivity index is 1.75. The van der Waals surface area contributed by atoms with E-state index in [1.165, 1.54) is 11.3 Å². The van der Waals surface area contributed by atoms with Gasteiger partial charge in [0.05, 0.1) is 4.88 Å². The third kappa shape index (κ3) is 5.18. The number of hydrogen-bond donors (Lipinski definition) is 1. The number of nitrogens with one attached hydrogen (secondary N) is 1. The average molecular weight is 407 g/mol. The topological polar surface area (TPSA) is 72.5 Å². The van der Waals surface area contributed by atoms with E-state index in [1.807, 2.05) is 26.0 Å². The standard InChI is InChI=1S/C23H21NO4S/c1-15-10-11-18(13-16(15)2)21(26)22(17-7-4-3-5-8-17)28-20(25)14-24-23(27)19-9-6-12-29-19/h3-13,22H,14H2,1-2H3,(H,24,27)/t22-/m0/s1. The highest BCUT2D eigenvalue weighted by Gasteiger charge is 2.26. The van der Waals surface area contributed by atoms with Crippen molar-refractivity contribution in [3.05, 3.63) is 93.2 Å². The summed E-state index contributed by atoms with van der Waals surface area (Å²) in [5, 5.41) is 4.30. The fourth-order valence-electron chi connectivity index (χ4n) is 2.77. The molecule has 0 spiro atoms. The predicted molar refractivity (Wildman–Crippen MR) is 112 cm³/mol. The van der Waals surface area contributed by atoms with Crippen molar-refractivity contribution >= 4 is 29.0 Å². The molecule has 3 rings (SSSR count). The minimum Gasteiger partial charge on any atom is -0.448 e. The number of carbonyl (C=O) groups is 3. The maximum absolute atomic E-state index is 13.1. The molecule has 1 N–H and O–H groups in total. The van der Waals surface area contributed by atoms with Crippen molar-refractivity contribution in [2.45, 2.75) is 20.0 Å². The molecule has 6 heteroatoms. The molecule has 0 saturated carbocycles. The van der Waals surface area contributed by atoms with E-state index in [0.717, 1.165) is 11.1 Å². The van der Waals surface area contributed by atoms with Crippen molar-refractivity contribution in [3.8, 4) is 0 Å². The lowest BCUT2D eigenvalue weighted by Gasteiger charge is -2.18. The number of ketones is 1. The van der Waals surface area contributed by atoms with Crippen LogP contribution >= 0.6 is 11.3 Å². The lowest BCUT2D eigenvalue weighted by atomic mass is 9.97. The molecule has 3 aromatic rings. The average Bonchev–Trinajstić information content (AvgIpc) is 3.27. The fraction of sp³-hybridized carbons (Fsp3) is 0.174. The highest BCUT2D eigenvalue weighted by Crippen LogP contribution is 2.24. The molecule has 0 bridgehead atoms. The van der Waals surface area contributed by atoms with Gasteiger partial charge < -0.3 is 10.1 Å². The molecule has 29 heavy (non-hydrogen) atoms. The molecule has 0 saturated heterocycles. The van der Waals surface area contributed by atoms with E-state index in [9.17, 15) is 14.4 Å². The SMILES string of the molecule is Cc1ccc(C(=O)[C@@H](OC(=O)CNC(=O)c2cccs2)c2ccccc2)cc1C. The lowest BCUT2D eigenvalue weighted by Crippen LogP contribution is -2.32. The van der Waals surface area contributed by atoms with E-state index in [1.54, 1.807) is 53.9 Å². The molecule has 1 heterocycles. The van der Waals surface area contributed by atoms with Gasteiger partial charge in [-0.1, -0.05) is 48.5 Å². The predicted octanol–water partition coefficient (Wildman–Crippen LogP) is 4.26. The number of thiophene rings is 1. The molecule has 0 aliphatic heterocycles. The highest BCUT2D eigenvalue weighted by molar-refractivity contribution is 7.12. The molecule has 0 radical (unpaired) electrons. The zero-order valence-corrected chi connectivity index (χ0v) is 17.0. The van der Waals surface area contributed by atoms with Crippen molar-refractivity contribution in [2.24, 2.45) is 0 Å². The summed E-state index contributed by atoms with van der Waals surface area (Å²) in [6.07, 6.45) is -1.08. The zero-order chi connectivity index (χ0) is 20.8. The van der Waals surface area contributed by atoms with Gasteiger partial charge in [0.2, 0.25) is 5.78 Å². The summed E-state index contributed by atoms with van der Waals surface area (Å²) in [5.74, 6) is -1.34. The Labute approximate surface area is 173 Å². The van der Waals surface area contributed by atoms with Gasteiger partial charge in [0, 0.05) is 11.1 Å². The number of amides is 1. The van der Waals surface area contributed by atoms with Crippen LogP contribution in [0.5, 0.6) is 0 Å². The van der Waals surface area contributed by atoms with Crippen LogP contribution in [0.15, 0.2) is 66.0 Å². The number of Topliss-reactive ketones (excluding diaryl/α,β-unsaturated/α-hetero) is 1. The van der Waals surface area contributed by atoms with Crippen molar-refractivity contribution in [1.29, 1.82) is 0 Å². The Morgan fingerprint density at radius 3 is 2.38 bits per heavy atom. The highest BCUT2D eigenvalue weighted by atomic mass is 32.1. The Hall–Kier alpha value is -3.25. The van der Waals surface area contributed by atoms with Crippen LogP contribution in [0.25, 0.3) is 0 Å². The molecule has 1 amide bonds. The largest absolute Gasteiger partial charge is 0.448 e. The zero-order valence-electron chi connectivity index (χ0n) is 16.2. The van der Waals surface area contributed by atoms with Crippen LogP contribution in [0.1, 0.15) is 42.8 Å². The molecule has 5 nitrogen and oxygen atoms in total. The smallest absolute Gasteiger partial charge is 0.326 e. The molecule has 0 aliphatic rings. The maximum Gasteiger partial charge on any atom is 0.326 e. The van der Waals surface area contributed by atoms with Crippen LogP contribution < -0.4 is 5.32 Å². The van der Waals surface area contributed by atoms with E-state index >= 15 is 0 Å². The van der Waals surface area contributed by atoms with Gasteiger partial charge in [0.1, 0.15) is 6.54 Å². The van der Waals surface area contributed by atoms with Crippen LogP contribution in [0.3, 0.4) is 0 Å². The number of benzene rings is 2. The molecule has 1 aromatic heterocycles. The minimum absolute atomic E-state index is 0.308. The Bertz CT molecular complexity index is 1010. The molecule has 148 valence electrons. The van der Waals surface area contributed by atoms with Crippen LogP contribution in [0.4, 0.5) is 0 Å². The molecule has 0 aliphatic carbocycles. The molecule has 2 aromatic carbocycles. The number of rotatable bonds is 7. The third-order valence-corrected chi connectivity index (χ3v) is 5.39. The van der Waals surface area contributed by atoms with Crippen molar-refractivity contribution in [2.75, 3.05) is 6.54 Å². The Morgan fingerprint density at radius 1 is 0.966 bits per heavy atom. The number of aryl methyl sites for hydroxylation is 2. The van der Waals surface area contributed by atoms with Gasteiger partial charge in [0.15, 0.2) is 6.10 Å². The summed E-state index contributed by atoms with van der Waals surface area (Å²) in [7, 11) is 0. The van der Waals surface area contributed by atoms with Crippen LogP contribution in [0.2, 0.25) is 0 Å². The van der Waals surface area contributed by atoms with Gasteiger partial charge in [-0.3, -0.25) is 14.4 Å². The lowest BCUT2D eigenvalue weighted by molar-refractivity contribution is -0.146. The van der Waals surface area contributed by atoms with Crippen LogP contribution in [-0.4, -0.2) is 24.2 Å². The second-order valence-electron chi connectivity index (χ2n) is 6.60. The van der Waals surface area contributed by atoms with Gasteiger partial charge in [-0.05, 0) is 42.5 Å². The monoisotopic (exact) mass is 407 g/mol. The van der Waals surface area contributed by atoms with Gasteiger partial charge >= 0.3 is 5.97 Å². The van der Waals surface area contributed by atoms with Crippen molar-refractivity contribution in [1.82, 2.24) is 5.32 Å². The molecular formula is C23H21NO4S. The molecule has 0 unspecified atom stereocenters. The number of esters is 1. The van der Waals surface area contributed by atoms with Crippen molar-refractivity contribution < 1.29 is 19.1 Å². The van der Waals surface area contributed by atoms with Crippen LogP contribution in [-0.2, 0) is 9.53 Å². The fourth-order valence-corrected chi connectivity index (χ4v) is 3.41. The third-order valence-electron chi connectivity index (χ3n) is 4.52. The number of hydrogen-bond acceptors (Lipinski definition) is 5. The first kappa shape index (κ1) is 20.5. The summed E-state index contributed by atoms with van der Waals surface area (Å²) in [4.78, 5) is 38.0. The summed E-state index contributed by atoms with van der Waals surface area (Å²) < 4.78 is 5.49. The summed E-state index contributed by atoms with van der Waals surface area (Å²) >= 11 is 1.28. The quantitative estimate of drug-likeness (QED) is 0.469. The normalized spacial score (nSPS) is 11.5. The minimum atomic E-state index is -1.08. The van der Waals surface area contributed by atoms with E-state index in [0.29, 0.717) is 16.0 Å². The molecule has 0 fully saturated rings. The first-order chi connectivity index (χ1) is 14.0. The summed E-state index contributed by atoms with van der Waals surface area (Å²) in [6, 6.07) is 17.7. The second-order valence-corrected chi connectivity index (χ2v) is 7.55. The molecular weight excluding hydrogens is 386 g/mol. The summed E-state index contributed by atoms with van der Waals surface area (Å²) in [5.41, 5.74) is 3.11.